The van der Waals surface area contributed by atoms with Crippen molar-refractivity contribution in [1.29, 1.82) is 0 Å². The fourth-order valence-corrected chi connectivity index (χ4v) is 9.49. The van der Waals surface area contributed by atoms with E-state index in [1.807, 2.05) is 13.8 Å². The minimum absolute atomic E-state index is 0.0664. The molecule has 0 saturated carbocycles. The van der Waals surface area contributed by atoms with Crippen LogP contribution in [-0.2, 0) is 73.4 Å². The fourth-order valence-electron chi connectivity index (χ4n) is 9.49. The summed E-state index contributed by atoms with van der Waals surface area (Å²) in [6.45, 7) is 8.55. The van der Waals surface area contributed by atoms with E-state index in [0.29, 0.717) is 25.8 Å². The Morgan fingerprint density at radius 1 is 0.795 bits per heavy atom. The number of rotatable bonds is 28. The smallest absolute Gasteiger partial charge is 0.326 e. The predicted molar refractivity (Wildman–Crippen MR) is 261 cm³/mol. The lowest BCUT2D eigenvalue weighted by Crippen LogP contribution is -2.61. The number of carbonyl (C=O) groups is 11. The van der Waals surface area contributed by atoms with E-state index >= 15 is 0 Å². The van der Waals surface area contributed by atoms with Gasteiger partial charge in [0, 0.05) is 65.6 Å². The first kappa shape index (κ1) is 58.9. The molecule has 9 atom stereocenters. The minimum atomic E-state index is -1.76. The van der Waals surface area contributed by atoms with Crippen LogP contribution < -0.4 is 10.6 Å². The number of aliphatic carboxylic acids is 1. The summed E-state index contributed by atoms with van der Waals surface area (Å²) >= 11 is 0. The predicted octanol–water partition coefficient (Wildman–Crippen LogP) is 0.511. The number of hydrogen-bond acceptors (Lipinski definition) is 14. The van der Waals surface area contributed by atoms with Crippen molar-refractivity contribution in [1.82, 2.24) is 35.1 Å². The van der Waals surface area contributed by atoms with Gasteiger partial charge >= 0.3 is 5.97 Å². The lowest BCUT2D eigenvalue weighted by atomic mass is 9.89. The first-order chi connectivity index (χ1) is 34.5. The molecule has 9 amide bonds. The monoisotopic (exact) mass is 1020 g/mol. The number of amides is 9. The van der Waals surface area contributed by atoms with Crippen LogP contribution in [0.3, 0.4) is 0 Å². The van der Waals surface area contributed by atoms with Crippen molar-refractivity contribution in [3.63, 3.8) is 0 Å². The summed E-state index contributed by atoms with van der Waals surface area (Å²) in [5.74, 6) is -9.66. The van der Waals surface area contributed by atoms with Crippen molar-refractivity contribution in [2.45, 2.75) is 122 Å². The third kappa shape index (κ3) is 15.0. The number of hydrogen-bond donors (Lipinski definition) is 3. The van der Waals surface area contributed by atoms with Crippen LogP contribution in [0.5, 0.6) is 0 Å². The van der Waals surface area contributed by atoms with E-state index in [4.69, 9.17) is 14.2 Å². The average Bonchev–Trinajstić information content (AvgIpc) is 4.06. The molecule has 3 aliphatic heterocycles. The number of ketones is 1. The summed E-state index contributed by atoms with van der Waals surface area (Å²) in [5, 5.41) is 15.3. The summed E-state index contributed by atoms with van der Waals surface area (Å²) in [7, 11) is 5.57. The van der Waals surface area contributed by atoms with Crippen LogP contribution in [0, 0.1) is 17.8 Å². The van der Waals surface area contributed by atoms with Gasteiger partial charge in [-0.2, -0.15) is 0 Å². The summed E-state index contributed by atoms with van der Waals surface area (Å²) in [6, 6.07) is 3.43. The number of carboxylic acids is 1. The van der Waals surface area contributed by atoms with Crippen LogP contribution in [0.15, 0.2) is 54.6 Å². The summed E-state index contributed by atoms with van der Waals surface area (Å²) in [6.07, 6.45) is 2.76. The molecular weight excluding hydrogens is 951 g/mol. The van der Waals surface area contributed by atoms with E-state index in [2.05, 4.69) is 10.6 Å². The van der Waals surface area contributed by atoms with Crippen LogP contribution in [-0.4, -0.2) is 198 Å². The third-order valence-electron chi connectivity index (χ3n) is 13.8. The van der Waals surface area contributed by atoms with Gasteiger partial charge in [0.1, 0.15) is 18.7 Å². The normalized spacial score (nSPS) is 18.9. The van der Waals surface area contributed by atoms with E-state index in [9.17, 15) is 57.8 Å². The molecule has 22 nitrogen and oxygen atoms in total. The highest BCUT2D eigenvalue weighted by molar-refractivity contribution is 6.14. The molecule has 0 aromatic heterocycles. The van der Waals surface area contributed by atoms with Crippen molar-refractivity contribution >= 4 is 64.9 Å². The highest BCUT2D eigenvalue weighted by Crippen LogP contribution is 2.30. The number of Topliss-reactive ketones (excluding diaryl/α,β-unsaturated/α-hetero) is 1. The highest BCUT2D eigenvalue weighted by Gasteiger charge is 2.44. The molecule has 400 valence electrons. The van der Waals surface area contributed by atoms with Gasteiger partial charge in [0.05, 0.1) is 55.8 Å². The molecule has 0 bridgehead atoms. The Morgan fingerprint density at radius 3 is 1.84 bits per heavy atom. The molecule has 22 heteroatoms. The molecule has 1 fully saturated rings. The Morgan fingerprint density at radius 2 is 1.36 bits per heavy atom. The van der Waals surface area contributed by atoms with E-state index in [1.165, 1.54) is 33.2 Å². The number of carbonyl (C=O) groups excluding carboxylic acids is 10. The molecule has 73 heavy (non-hydrogen) atoms. The van der Waals surface area contributed by atoms with Crippen LogP contribution in [0.1, 0.15) is 72.8 Å². The Balaban J connectivity index is 1.47. The molecule has 1 aromatic rings. The Kier molecular flexibility index (Phi) is 21.7. The zero-order valence-corrected chi connectivity index (χ0v) is 43.3. The van der Waals surface area contributed by atoms with Crippen molar-refractivity contribution in [3.05, 3.63) is 60.2 Å². The average molecular weight is 1020 g/mol. The van der Waals surface area contributed by atoms with E-state index in [0.717, 1.165) is 51.5 Å². The molecule has 3 aliphatic rings. The first-order valence-corrected chi connectivity index (χ1v) is 24.4. The SMILES string of the molecule is CC[C@H](C)[C@@H]([C@@H](CC(=O)N1CCC[C@H]1[C@H](OC)[C@@H](C)C(=O)NC(Cc1ccccc1)C(=O)O)OC)N(C)C(=O)[C@@H](NC(=O)[C@H](C(C)=O)N(C)C(=O)COC(CN1C(=O)C=CC1=O)CN1C(=O)C=CC1=O)C(C)C. The van der Waals surface area contributed by atoms with Gasteiger partial charge in [-0.25, -0.2) is 4.79 Å². The molecule has 0 aliphatic carbocycles. The van der Waals surface area contributed by atoms with Crippen LogP contribution in [0.4, 0.5) is 0 Å². The van der Waals surface area contributed by atoms with Gasteiger partial charge in [-0.1, -0.05) is 71.4 Å². The highest BCUT2D eigenvalue weighted by atomic mass is 16.5. The molecule has 4 rings (SSSR count). The molecule has 1 aromatic carbocycles. The Hall–Kier alpha value is -6.65. The fraction of sp³-hybridized carbons (Fsp3) is 0.588. The number of likely N-dealkylation sites (N-methyl/N-ethyl adjacent to an activating group) is 2. The maximum absolute atomic E-state index is 14.6. The maximum atomic E-state index is 14.6. The quantitative estimate of drug-likeness (QED) is 0.0762. The largest absolute Gasteiger partial charge is 0.480 e. The van der Waals surface area contributed by atoms with Gasteiger partial charge in [0.15, 0.2) is 11.8 Å². The summed E-state index contributed by atoms with van der Waals surface area (Å²) < 4.78 is 17.6. The van der Waals surface area contributed by atoms with E-state index < -0.39 is 139 Å². The van der Waals surface area contributed by atoms with Gasteiger partial charge in [-0.15, -0.1) is 0 Å². The standard InChI is InChI=1S/C51H71N7O15/c1-11-30(4)45(37(71-9)25-42(64)56-23-15-18-36(56)47(72-10)31(5)48(66)52-35(51(69)70)24-33-16-13-12-14-17-33)55(8)50(68)44(29(2)3)53-49(67)46(32(6)59)54(7)43(65)28-73-34(26-57-38(60)19-20-39(57)61)27-58-40(62)21-22-41(58)63/h12-14,16-17,19-22,29-31,34-37,44-47H,11,15,18,23-28H2,1-10H3,(H,52,66)(H,53,67)(H,69,70)/t30-,31+,35?,36-,37+,44-,45-,46-,47+/m0/s1. The molecule has 1 unspecified atom stereocenters. The van der Waals surface area contributed by atoms with E-state index in [-0.39, 0.29) is 24.7 Å². The number of imide groups is 2. The number of carboxylic acid groups (broad SMARTS) is 1. The number of ether oxygens (including phenoxy) is 3. The molecule has 0 spiro atoms. The Bertz CT molecular complexity index is 2210. The zero-order valence-electron chi connectivity index (χ0n) is 43.3. The second-order valence-electron chi connectivity index (χ2n) is 19.1. The first-order valence-electron chi connectivity index (χ1n) is 24.4. The zero-order chi connectivity index (χ0) is 54.4. The summed E-state index contributed by atoms with van der Waals surface area (Å²) in [5.41, 5.74) is 0.731. The maximum Gasteiger partial charge on any atom is 0.326 e. The molecule has 3 heterocycles. The van der Waals surface area contributed by atoms with Gasteiger partial charge in [0.25, 0.3) is 29.5 Å². The number of likely N-dealkylation sites (tertiary alicyclic amines) is 1. The molecule has 1 saturated heterocycles. The van der Waals surface area contributed by atoms with Gasteiger partial charge in [-0.3, -0.25) is 57.7 Å². The summed E-state index contributed by atoms with van der Waals surface area (Å²) in [4.78, 5) is 150. The minimum Gasteiger partial charge on any atom is -0.480 e. The number of nitrogens with zero attached hydrogens (tertiary/aromatic N) is 5. The second-order valence-corrected chi connectivity index (χ2v) is 19.1. The van der Waals surface area contributed by atoms with Gasteiger partial charge in [0.2, 0.25) is 23.6 Å². The molecule has 0 radical (unpaired) electrons. The van der Waals surface area contributed by atoms with Crippen LogP contribution in [0.25, 0.3) is 0 Å². The number of nitrogens with one attached hydrogen (secondary N) is 2. The number of methoxy groups -OCH3 is 2. The number of benzene rings is 1. The van der Waals surface area contributed by atoms with Crippen molar-refractivity contribution in [3.8, 4) is 0 Å². The molecular formula is C51H71N7O15. The van der Waals surface area contributed by atoms with Crippen molar-refractivity contribution in [2.24, 2.45) is 17.8 Å². The third-order valence-corrected chi connectivity index (χ3v) is 13.8. The van der Waals surface area contributed by atoms with Crippen molar-refractivity contribution in [2.75, 3.05) is 54.6 Å². The Labute approximate surface area is 425 Å². The van der Waals surface area contributed by atoms with E-state index in [1.54, 1.807) is 56.0 Å². The van der Waals surface area contributed by atoms with Gasteiger partial charge < -0.3 is 44.7 Å². The lowest BCUT2D eigenvalue weighted by molar-refractivity contribution is -0.152. The van der Waals surface area contributed by atoms with Gasteiger partial charge in [-0.05, 0) is 37.2 Å². The topological polar surface area (TPSA) is 276 Å². The van der Waals surface area contributed by atoms with Crippen LogP contribution >= 0.6 is 0 Å². The molecule has 3 N–H and O–H groups in total. The lowest BCUT2D eigenvalue weighted by Gasteiger charge is -2.41. The van der Waals surface area contributed by atoms with Crippen LogP contribution in [0.2, 0.25) is 0 Å². The van der Waals surface area contributed by atoms with Crippen molar-refractivity contribution < 1.29 is 72.1 Å². The second kappa shape index (κ2) is 26.9.